The Morgan fingerprint density at radius 2 is 1.55 bits per heavy atom. The topological polar surface area (TPSA) is 37.3 Å². The number of carboxylic acid groups (broad SMARTS) is 1. The first-order valence-electron chi connectivity index (χ1n) is 4.03. The molecule has 0 atom stereocenters. The van der Waals surface area contributed by atoms with Crippen LogP contribution < -0.4 is 0 Å². The third kappa shape index (κ3) is 3.75. The van der Waals surface area contributed by atoms with Crippen molar-refractivity contribution in [3.8, 4) is 0 Å². The van der Waals surface area contributed by atoms with Crippen molar-refractivity contribution in [2.24, 2.45) is 5.92 Å². The van der Waals surface area contributed by atoms with E-state index in [-0.39, 0.29) is 22.9 Å². The van der Waals surface area contributed by atoms with Gasteiger partial charge in [0.2, 0.25) is 0 Å². The molecule has 11 heavy (non-hydrogen) atoms. The van der Waals surface area contributed by atoms with Gasteiger partial charge in [-0.25, -0.2) is 0 Å². The number of halogens is 1. The van der Waals surface area contributed by atoms with E-state index in [2.05, 4.69) is 0 Å². The van der Waals surface area contributed by atoms with Crippen LogP contribution in [0.1, 0.15) is 38.5 Å². The summed E-state index contributed by atoms with van der Waals surface area (Å²) in [7, 11) is 0. The van der Waals surface area contributed by atoms with Crippen LogP contribution in [0, 0.1) is 5.92 Å². The Morgan fingerprint density at radius 3 is 1.91 bits per heavy atom. The molecule has 2 nitrogen and oxygen atoms in total. The Morgan fingerprint density at radius 1 is 1.09 bits per heavy atom. The molecule has 0 aromatic rings. The van der Waals surface area contributed by atoms with Gasteiger partial charge in [0, 0.05) is 0 Å². The fraction of sp³-hybridized carbons (Fsp3) is 0.875. The fourth-order valence-corrected chi connectivity index (χ4v) is 1.53. The van der Waals surface area contributed by atoms with Gasteiger partial charge in [-0.1, -0.05) is 25.7 Å². The molecule has 1 aliphatic carbocycles. The van der Waals surface area contributed by atoms with E-state index >= 15 is 0 Å². The second-order valence-electron chi connectivity index (χ2n) is 3.03. The van der Waals surface area contributed by atoms with Crippen molar-refractivity contribution in [3.05, 3.63) is 0 Å². The zero-order valence-electron chi connectivity index (χ0n) is 6.58. The maximum atomic E-state index is 10.5. The average molecular weight is 223 g/mol. The number of carboxylic acids is 1. The van der Waals surface area contributed by atoms with E-state index in [4.69, 9.17) is 5.11 Å². The minimum absolute atomic E-state index is 0. The second kappa shape index (κ2) is 5.58. The molecule has 0 spiro atoms. The standard InChI is InChI=1S/C8H14O2.BrH/c9-8(10)7-5-3-1-2-4-6-7;/h7H,1-6H2,(H,9,10);1H. The quantitative estimate of drug-likeness (QED) is 0.693. The van der Waals surface area contributed by atoms with Crippen molar-refractivity contribution in [2.75, 3.05) is 0 Å². The molecule has 1 rings (SSSR count). The molecule has 1 N–H and O–H groups in total. The van der Waals surface area contributed by atoms with Crippen molar-refractivity contribution >= 4 is 23.0 Å². The minimum Gasteiger partial charge on any atom is -0.481 e. The zero-order valence-corrected chi connectivity index (χ0v) is 8.30. The summed E-state index contributed by atoms with van der Waals surface area (Å²) in [5.41, 5.74) is 0. The van der Waals surface area contributed by atoms with Crippen molar-refractivity contribution in [1.82, 2.24) is 0 Å². The van der Waals surface area contributed by atoms with Crippen LogP contribution in [0.15, 0.2) is 0 Å². The minimum atomic E-state index is -0.595. The SMILES string of the molecule is Br.O=C(O)C1CCCCCC1. The molecule has 66 valence electrons. The monoisotopic (exact) mass is 222 g/mol. The summed E-state index contributed by atoms with van der Waals surface area (Å²) in [5, 5.41) is 8.66. The molecular weight excluding hydrogens is 208 g/mol. The molecule has 1 fully saturated rings. The molecule has 0 amide bonds. The van der Waals surface area contributed by atoms with Gasteiger partial charge < -0.3 is 5.11 Å². The van der Waals surface area contributed by atoms with Gasteiger partial charge in [0.25, 0.3) is 0 Å². The number of hydrogen-bond donors (Lipinski definition) is 1. The molecule has 0 aromatic carbocycles. The summed E-state index contributed by atoms with van der Waals surface area (Å²) in [6.45, 7) is 0. The first-order chi connectivity index (χ1) is 4.80. The van der Waals surface area contributed by atoms with Crippen LogP contribution >= 0.6 is 17.0 Å². The Hall–Kier alpha value is -0.0500. The lowest BCUT2D eigenvalue weighted by Gasteiger charge is -2.05. The van der Waals surface area contributed by atoms with E-state index < -0.39 is 5.97 Å². The van der Waals surface area contributed by atoms with E-state index in [1.807, 2.05) is 0 Å². The van der Waals surface area contributed by atoms with Gasteiger partial charge in [0.15, 0.2) is 0 Å². The first kappa shape index (κ1) is 11.0. The molecule has 1 saturated carbocycles. The Balaban J connectivity index is 0.000001000. The summed E-state index contributed by atoms with van der Waals surface area (Å²) in [6.07, 6.45) is 6.46. The van der Waals surface area contributed by atoms with Crippen molar-refractivity contribution in [3.63, 3.8) is 0 Å². The second-order valence-corrected chi connectivity index (χ2v) is 3.03. The zero-order chi connectivity index (χ0) is 7.40. The first-order valence-corrected chi connectivity index (χ1v) is 4.03. The molecule has 0 unspecified atom stereocenters. The Bertz CT molecular complexity index is 117. The lowest BCUT2D eigenvalue weighted by molar-refractivity contribution is -0.142. The van der Waals surface area contributed by atoms with Gasteiger partial charge in [0.1, 0.15) is 0 Å². The maximum Gasteiger partial charge on any atom is 0.306 e. The van der Waals surface area contributed by atoms with Gasteiger partial charge in [-0.2, -0.15) is 0 Å². The van der Waals surface area contributed by atoms with Crippen LogP contribution in [-0.4, -0.2) is 11.1 Å². The van der Waals surface area contributed by atoms with Crippen LogP contribution in [0.4, 0.5) is 0 Å². The van der Waals surface area contributed by atoms with Gasteiger partial charge in [-0.3, -0.25) is 4.79 Å². The molecule has 3 heteroatoms. The smallest absolute Gasteiger partial charge is 0.306 e. The number of rotatable bonds is 1. The summed E-state index contributed by atoms with van der Waals surface area (Å²) < 4.78 is 0. The predicted octanol–water partition coefficient (Wildman–Crippen LogP) is 2.62. The van der Waals surface area contributed by atoms with E-state index in [0.717, 1.165) is 25.7 Å². The highest BCUT2D eigenvalue weighted by Gasteiger charge is 2.18. The van der Waals surface area contributed by atoms with Crippen LogP contribution in [-0.2, 0) is 4.79 Å². The van der Waals surface area contributed by atoms with Crippen LogP contribution in [0.3, 0.4) is 0 Å². The van der Waals surface area contributed by atoms with Gasteiger partial charge in [-0.05, 0) is 12.8 Å². The third-order valence-corrected chi connectivity index (χ3v) is 2.20. The lowest BCUT2D eigenvalue weighted by atomic mass is 10.0. The fourth-order valence-electron chi connectivity index (χ4n) is 1.53. The normalized spacial score (nSPS) is 20.0. The summed E-state index contributed by atoms with van der Waals surface area (Å²) >= 11 is 0. The predicted molar refractivity (Wildman–Crippen MR) is 49.1 cm³/mol. The highest BCUT2D eigenvalue weighted by molar-refractivity contribution is 8.93. The lowest BCUT2D eigenvalue weighted by Crippen LogP contribution is -2.11. The number of aliphatic carboxylic acids is 1. The molecule has 0 radical (unpaired) electrons. The van der Waals surface area contributed by atoms with Crippen molar-refractivity contribution in [1.29, 1.82) is 0 Å². The molecular formula is C8H15BrO2. The Kier molecular flexibility index (Phi) is 5.56. The van der Waals surface area contributed by atoms with E-state index in [1.165, 1.54) is 12.8 Å². The summed E-state index contributed by atoms with van der Waals surface area (Å²) in [5.74, 6) is -0.635. The van der Waals surface area contributed by atoms with Crippen LogP contribution in [0.25, 0.3) is 0 Å². The molecule has 0 aromatic heterocycles. The van der Waals surface area contributed by atoms with Crippen LogP contribution in [0.5, 0.6) is 0 Å². The largest absolute Gasteiger partial charge is 0.481 e. The third-order valence-electron chi connectivity index (χ3n) is 2.20. The molecule has 1 aliphatic rings. The molecule has 0 heterocycles. The number of hydrogen-bond acceptors (Lipinski definition) is 1. The molecule has 0 bridgehead atoms. The average Bonchev–Trinajstić information content (AvgIpc) is 2.12. The van der Waals surface area contributed by atoms with Gasteiger partial charge in [0.05, 0.1) is 5.92 Å². The van der Waals surface area contributed by atoms with E-state index in [0.29, 0.717) is 0 Å². The Labute approximate surface area is 77.8 Å². The van der Waals surface area contributed by atoms with E-state index in [1.54, 1.807) is 0 Å². The van der Waals surface area contributed by atoms with Crippen LogP contribution in [0.2, 0.25) is 0 Å². The number of carbonyl (C=O) groups is 1. The van der Waals surface area contributed by atoms with Crippen molar-refractivity contribution in [2.45, 2.75) is 38.5 Å². The van der Waals surface area contributed by atoms with Gasteiger partial charge in [-0.15, -0.1) is 17.0 Å². The molecule has 0 saturated heterocycles. The maximum absolute atomic E-state index is 10.5. The highest BCUT2D eigenvalue weighted by Crippen LogP contribution is 2.22. The molecule has 0 aliphatic heterocycles. The van der Waals surface area contributed by atoms with E-state index in [9.17, 15) is 4.79 Å². The van der Waals surface area contributed by atoms with Gasteiger partial charge >= 0.3 is 5.97 Å². The summed E-state index contributed by atoms with van der Waals surface area (Å²) in [4.78, 5) is 10.5. The highest BCUT2D eigenvalue weighted by atomic mass is 79.9. The van der Waals surface area contributed by atoms with Crippen molar-refractivity contribution < 1.29 is 9.90 Å². The summed E-state index contributed by atoms with van der Waals surface area (Å²) in [6, 6.07) is 0.